The number of hydrogen-bond acceptors (Lipinski definition) is 2. The highest BCUT2D eigenvalue weighted by Gasteiger charge is 1.98. The van der Waals surface area contributed by atoms with Crippen molar-refractivity contribution in [3.63, 3.8) is 0 Å². The Balaban J connectivity index is 0. The molecule has 0 aromatic rings. The zero-order chi connectivity index (χ0) is 10.9. The largest absolute Gasteiger partial charge is 0.394 e. The van der Waals surface area contributed by atoms with E-state index < -0.39 is 10.4 Å². The van der Waals surface area contributed by atoms with Crippen molar-refractivity contribution in [2.45, 2.75) is 26.2 Å². The van der Waals surface area contributed by atoms with Gasteiger partial charge in [-0.2, -0.15) is 8.42 Å². The van der Waals surface area contributed by atoms with Crippen LogP contribution in [0.2, 0.25) is 0 Å². The number of rotatable bonds is 4. The monoisotopic (exact) mass is 231 g/mol. The second kappa shape index (κ2) is 8.80. The molecule has 0 bridgehead atoms. The predicted octanol–water partition coefficient (Wildman–Crippen LogP) is 1.40. The van der Waals surface area contributed by atoms with Gasteiger partial charge in [-0.1, -0.05) is 13.3 Å². The van der Waals surface area contributed by atoms with Gasteiger partial charge in [-0.25, -0.2) is 0 Å². The van der Waals surface area contributed by atoms with E-state index in [9.17, 15) is 0 Å². The van der Waals surface area contributed by atoms with Crippen molar-refractivity contribution in [2.75, 3.05) is 18.3 Å². The lowest BCUT2D eigenvalue weighted by molar-refractivity contribution is 0.381. The van der Waals surface area contributed by atoms with E-state index in [1.54, 1.807) is 0 Å². The van der Waals surface area contributed by atoms with Gasteiger partial charge in [0, 0.05) is 0 Å². The lowest BCUT2D eigenvalue weighted by Gasteiger charge is -1.93. The van der Waals surface area contributed by atoms with Gasteiger partial charge < -0.3 is 0 Å². The van der Waals surface area contributed by atoms with Crippen LogP contribution in [0.1, 0.15) is 26.2 Å². The van der Waals surface area contributed by atoms with Crippen molar-refractivity contribution in [3.8, 4) is 0 Å². The first-order chi connectivity index (χ1) is 5.77. The van der Waals surface area contributed by atoms with Crippen LogP contribution in [0.4, 0.5) is 0 Å². The smallest absolute Gasteiger partial charge is 0.264 e. The van der Waals surface area contributed by atoms with Crippen LogP contribution in [0.3, 0.4) is 0 Å². The Morgan fingerprint density at radius 2 is 1.54 bits per heavy atom. The highest BCUT2D eigenvalue weighted by molar-refractivity contribution is 7.95. The molecule has 0 aliphatic carbocycles. The molecule has 6 heteroatoms. The molecule has 0 fully saturated rings. The molecule has 0 aromatic heterocycles. The summed E-state index contributed by atoms with van der Waals surface area (Å²) < 4.78 is 31.6. The molecule has 0 radical (unpaired) electrons. The highest BCUT2D eigenvalue weighted by Crippen LogP contribution is 1.96. The van der Waals surface area contributed by atoms with Crippen LogP contribution < -0.4 is 0 Å². The van der Waals surface area contributed by atoms with Gasteiger partial charge in [0.2, 0.25) is 0 Å². The Morgan fingerprint density at radius 3 is 1.77 bits per heavy atom. The Kier molecular flexibility index (Phi) is 10.6. The van der Waals surface area contributed by atoms with E-state index in [1.165, 1.54) is 25.0 Å². The van der Waals surface area contributed by atoms with Crippen LogP contribution in [0.25, 0.3) is 0 Å². The summed E-state index contributed by atoms with van der Waals surface area (Å²) in [5, 5.41) is 0. The zero-order valence-corrected chi connectivity index (χ0v) is 9.99. The summed E-state index contributed by atoms with van der Waals surface area (Å²) in [5.41, 5.74) is 0. The third-order valence-electron chi connectivity index (χ3n) is 1.16. The normalized spacial score (nSPS) is 10.9. The fraction of sp³-hybridized carbons (Fsp3) is 1.00. The molecule has 0 rings (SSSR count). The van der Waals surface area contributed by atoms with E-state index in [1.807, 2.05) is 0 Å². The lowest BCUT2D eigenvalue weighted by atomic mass is 10.3. The maximum Gasteiger partial charge on any atom is 0.394 e. The van der Waals surface area contributed by atoms with Gasteiger partial charge in [0.25, 0.3) is 0 Å². The topological polar surface area (TPSA) is 74.6 Å². The van der Waals surface area contributed by atoms with Crippen LogP contribution in [0.5, 0.6) is 0 Å². The quantitative estimate of drug-likeness (QED) is 0.436. The van der Waals surface area contributed by atoms with E-state index in [4.69, 9.17) is 17.5 Å². The van der Waals surface area contributed by atoms with Crippen molar-refractivity contribution in [3.05, 3.63) is 0 Å². The van der Waals surface area contributed by atoms with Gasteiger partial charge in [-0.15, -0.1) is 0 Å². The van der Waals surface area contributed by atoms with Crippen LogP contribution in [-0.4, -0.2) is 35.8 Å². The molecule has 0 saturated heterocycles. The summed E-state index contributed by atoms with van der Waals surface area (Å²) in [4.78, 5) is 0. The lowest BCUT2D eigenvalue weighted by Crippen LogP contribution is -2.00. The van der Waals surface area contributed by atoms with Crippen molar-refractivity contribution >= 4 is 21.3 Å². The van der Waals surface area contributed by atoms with Gasteiger partial charge >= 0.3 is 10.4 Å². The second-order valence-electron chi connectivity index (χ2n) is 2.84. The third kappa shape index (κ3) is 46.8. The summed E-state index contributed by atoms with van der Waals surface area (Å²) >= 11 is 0. The van der Waals surface area contributed by atoms with Gasteiger partial charge in [0.15, 0.2) is 0 Å². The zero-order valence-electron chi connectivity index (χ0n) is 8.36. The van der Waals surface area contributed by atoms with Crippen LogP contribution in [-0.2, 0) is 21.3 Å². The van der Waals surface area contributed by atoms with Crippen molar-refractivity contribution in [1.82, 2.24) is 0 Å². The molecular weight excluding hydrogens is 212 g/mol. The molecule has 0 spiro atoms. The van der Waals surface area contributed by atoms with Crippen LogP contribution in [0.15, 0.2) is 0 Å². The Morgan fingerprint density at radius 1 is 1.15 bits per heavy atom. The average molecular weight is 231 g/mol. The Bertz CT molecular complexity index is 179. The van der Waals surface area contributed by atoms with Crippen LogP contribution >= 0.6 is 0 Å². The van der Waals surface area contributed by atoms with Crippen molar-refractivity contribution in [2.24, 2.45) is 0 Å². The number of hydrogen-bond donors (Lipinski definition) is 2. The first-order valence-electron chi connectivity index (χ1n) is 4.01. The van der Waals surface area contributed by atoms with E-state index in [0.29, 0.717) is 10.9 Å². The summed E-state index contributed by atoms with van der Waals surface area (Å²) in [6.07, 6.45) is 8.85. The Labute approximate surface area is 83.7 Å². The molecule has 2 N–H and O–H groups in total. The molecule has 0 amide bonds. The van der Waals surface area contributed by atoms with E-state index >= 15 is 0 Å². The summed E-state index contributed by atoms with van der Waals surface area (Å²) in [5.74, 6) is 1.44. The minimum absolute atomic E-state index is 0.683. The van der Waals surface area contributed by atoms with E-state index in [-0.39, 0.29) is 0 Å². The third-order valence-corrected chi connectivity index (χ3v) is 2.26. The molecule has 13 heavy (non-hydrogen) atoms. The van der Waals surface area contributed by atoms with Gasteiger partial charge in [0.05, 0.1) is 12.5 Å². The molecule has 0 atom stereocenters. The second-order valence-corrected chi connectivity index (χ2v) is 6.12. The predicted molar refractivity (Wildman–Crippen MR) is 57.8 cm³/mol. The molecule has 0 aliphatic heterocycles. The fourth-order valence-corrected chi connectivity index (χ4v) is 1.42. The Hall–Kier alpha value is 0.220. The molecule has 0 unspecified atom stereocenters. The van der Waals surface area contributed by atoms with Crippen LogP contribution in [0, 0.1) is 0 Å². The average Bonchev–Trinajstić information content (AvgIpc) is 1.83. The van der Waals surface area contributed by atoms with E-state index in [0.717, 1.165) is 0 Å². The van der Waals surface area contributed by atoms with Crippen molar-refractivity contribution in [1.29, 1.82) is 0 Å². The molecule has 0 aliphatic rings. The van der Waals surface area contributed by atoms with Crippen molar-refractivity contribution < 1.29 is 17.5 Å². The minimum Gasteiger partial charge on any atom is -0.264 e. The standard InChI is InChI=1S/C7H17S.H2O4S/c1-4-5-6-7-8(2)3;1-5(2,3)4/h4-7H2,1-3H3;(H2,1,2,3,4)/q+1;. The molecule has 4 nitrogen and oxygen atoms in total. The molecule has 0 heterocycles. The first kappa shape index (κ1) is 15.7. The SMILES string of the molecule is CCCCC[S+](C)C.O=S(=O)(O)O. The molecular formula is C7H19O4S2+. The van der Waals surface area contributed by atoms with Gasteiger partial charge in [-0.05, 0) is 23.7 Å². The minimum atomic E-state index is -4.67. The first-order valence-corrected chi connectivity index (χ1v) is 7.62. The number of unbranched alkanes of at least 4 members (excludes halogenated alkanes) is 2. The maximum absolute atomic E-state index is 8.74. The summed E-state index contributed by atoms with van der Waals surface area (Å²) in [7, 11) is -3.98. The molecule has 0 aromatic carbocycles. The summed E-state index contributed by atoms with van der Waals surface area (Å²) in [6.45, 7) is 2.25. The van der Waals surface area contributed by atoms with Gasteiger partial charge in [-0.3, -0.25) is 9.11 Å². The highest BCUT2D eigenvalue weighted by atomic mass is 32.3. The molecule has 82 valence electrons. The molecule has 0 saturated carbocycles. The van der Waals surface area contributed by atoms with E-state index in [2.05, 4.69) is 19.4 Å². The summed E-state index contributed by atoms with van der Waals surface area (Å²) in [6, 6.07) is 0. The van der Waals surface area contributed by atoms with Gasteiger partial charge in [0.1, 0.15) is 5.75 Å². The fourth-order valence-electron chi connectivity index (χ4n) is 0.641. The maximum atomic E-state index is 8.74.